The van der Waals surface area contributed by atoms with E-state index in [-0.39, 0.29) is 12.5 Å². The van der Waals surface area contributed by atoms with Gasteiger partial charge in [0.1, 0.15) is 12.4 Å². The number of amides is 1. The van der Waals surface area contributed by atoms with Crippen molar-refractivity contribution in [2.45, 2.75) is 20.8 Å². The molecule has 0 unspecified atom stereocenters. The second-order valence-electron chi connectivity index (χ2n) is 6.61. The van der Waals surface area contributed by atoms with E-state index < -0.39 is 0 Å². The van der Waals surface area contributed by atoms with Gasteiger partial charge >= 0.3 is 0 Å². The Morgan fingerprint density at radius 1 is 1.03 bits per heavy atom. The van der Waals surface area contributed by atoms with Gasteiger partial charge in [-0.1, -0.05) is 12.0 Å². The van der Waals surface area contributed by atoms with Crippen molar-refractivity contribution in [1.29, 1.82) is 0 Å². The van der Waals surface area contributed by atoms with Gasteiger partial charge in [-0.15, -0.1) is 6.42 Å². The van der Waals surface area contributed by atoms with Crippen LogP contribution in [0.3, 0.4) is 0 Å². The first-order valence-corrected chi connectivity index (χ1v) is 11.3. The van der Waals surface area contributed by atoms with E-state index in [0.717, 1.165) is 17.0 Å². The first-order chi connectivity index (χ1) is 15.6. The fourth-order valence-corrected chi connectivity index (χ4v) is 4.10. The number of amidine groups is 1. The summed E-state index contributed by atoms with van der Waals surface area (Å²) >= 11 is 1.35. The number of benzene rings is 2. The van der Waals surface area contributed by atoms with Crippen LogP contribution in [0.4, 0.5) is 5.69 Å². The number of nitrogens with zero attached hydrogens (tertiary/aromatic N) is 2. The van der Waals surface area contributed by atoms with Crippen molar-refractivity contribution in [3.63, 3.8) is 0 Å². The molecule has 0 aromatic heterocycles. The van der Waals surface area contributed by atoms with Crippen LogP contribution in [0.25, 0.3) is 6.08 Å². The molecule has 1 saturated heterocycles. The molecule has 1 heterocycles. The minimum absolute atomic E-state index is 0.0761. The quantitative estimate of drug-likeness (QED) is 0.392. The van der Waals surface area contributed by atoms with Gasteiger partial charge in [0, 0.05) is 6.54 Å². The first kappa shape index (κ1) is 23.3. The van der Waals surface area contributed by atoms with Gasteiger partial charge in [-0.25, -0.2) is 4.99 Å². The Kier molecular flexibility index (Phi) is 8.23. The third kappa shape index (κ3) is 5.65. The topological polar surface area (TPSA) is 60.4 Å². The van der Waals surface area contributed by atoms with Crippen LogP contribution in [0.5, 0.6) is 17.2 Å². The highest BCUT2D eigenvalue weighted by Crippen LogP contribution is 2.36. The molecule has 2 aromatic carbocycles. The monoisotopic (exact) mass is 450 g/mol. The Hall–Kier alpha value is -3.37. The Labute approximate surface area is 193 Å². The Morgan fingerprint density at radius 3 is 2.44 bits per heavy atom. The maximum Gasteiger partial charge on any atom is 0.266 e. The predicted molar refractivity (Wildman–Crippen MR) is 130 cm³/mol. The third-order valence-electron chi connectivity index (χ3n) is 4.45. The van der Waals surface area contributed by atoms with Crippen molar-refractivity contribution < 1.29 is 19.0 Å². The molecule has 6 nitrogen and oxygen atoms in total. The molecule has 0 N–H and O–H groups in total. The number of ether oxygens (including phenoxy) is 3. The summed E-state index contributed by atoms with van der Waals surface area (Å²) in [6, 6.07) is 13.0. The van der Waals surface area contributed by atoms with Crippen LogP contribution in [0.2, 0.25) is 0 Å². The highest BCUT2D eigenvalue weighted by molar-refractivity contribution is 8.18. The van der Waals surface area contributed by atoms with Crippen molar-refractivity contribution >= 4 is 34.6 Å². The summed E-state index contributed by atoms with van der Waals surface area (Å²) in [7, 11) is 0. The molecule has 0 saturated carbocycles. The van der Waals surface area contributed by atoms with Gasteiger partial charge in [-0.2, -0.15) is 0 Å². The van der Waals surface area contributed by atoms with Crippen LogP contribution in [0, 0.1) is 12.3 Å². The number of hydrogen-bond acceptors (Lipinski definition) is 6. The number of hydrogen-bond donors (Lipinski definition) is 0. The number of likely N-dealkylation sites (N-methyl/N-ethyl adjacent to an activating group) is 1. The normalized spacial score (nSPS) is 15.8. The zero-order chi connectivity index (χ0) is 22.9. The molecule has 0 bridgehead atoms. The van der Waals surface area contributed by atoms with E-state index >= 15 is 0 Å². The molecule has 2 aromatic rings. The second kappa shape index (κ2) is 11.3. The van der Waals surface area contributed by atoms with Gasteiger partial charge in [0.15, 0.2) is 16.7 Å². The molecule has 7 heteroatoms. The molecular formula is C25H26N2O4S. The van der Waals surface area contributed by atoms with E-state index in [2.05, 4.69) is 10.9 Å². The minimum Gasteiger partial charge on any atom is -0.494 e. The van der Waals surface area contributed by atoms with Crippen molar-refractivity contribution in [2.24, 2.45) is 4.99 Å². The van der Waals surface area contributed by atoms with Crippen molar-refractivity contribution in [3.05, 3.63) is 52.9 Å². The van der Waals surface area contributed by atoms with E-state index in [4.69, 9.17) is 20.6 Å². The second-order valence-corrected chi connectivity index (χ2v) is 7.62. The molecule has 3 rings (SSSR count). The van der Waals surface area contributed by atoms with Crippen LogP contribution in [0.1, 0.15) is 26.3 Å². The van der Waals surface area contributed by atoms with Crippen molar-refractivity contribution in [1.82, 2.24) is 4.90 Å². The molecule has 1 aliphatic rings. The minimum atomic E-state index is -0.0761. The van der Waals surface area contributed by atoms with Crippen LogP contribution < -0.4 is 14.2 Å². The number of rotatable bonds is 9. The molecule has 0 spiro atoms. The highest BCUT2D eigenvalue weighted by Gasteiger charge is 2.32. The zero-order valence-electron chi connectivity index (χ0n) is 18.5. The average molecular weight is 451 g/mol. The Morgan fingerprint density at radius 2 is 1.78 bits per heavy atom. The van der Waals surface area contributed by atoms with E-state index in [1.54, 1.807) is 11.0 Å². The molecule has 0 atom stereocenters. The SMILES string of the molecule is C#CCOc1ccc(/C=C2\SC(=Nc3ccc(OCC)cc3)N(CC)C2=O)cc1OCC. The fraction of sp³-hybridized carbons (Fsp3) is 0.280. The standard InChI is InChI=1S/C25H26N2O4S/c1-5-15-31-21-14-9-18(16-22(21)30-8-4)17-23-24(28)27(6-2)25(32-23)26-19-10-12-20(13-11-19)29-7-3/h1,9-14,16-17H,6-8,15H2,2-4H3/b23-17-,26-25?. The van der Waals surface area contributed by atoms with Crippen LogP contribution in [0.15, 0.2) is 52.4 Å². The molecular weight excluding hydrogens is 424 g/mol. The Bertz CT molecular complexity index is 1050. The van der Waals surface area contributed by atoms with E-state index in [0.29, 0.717) is 41.3 Å². The molecule has 166 valence electrons. The number of carbonyl (C=O) groups is 1. The summed E-state index contributed by atoms with van der Waals surface area (Å²) < 4.78 is 16.7. The summed E-state index contributed by atoms with van der Waals surface area (Å²) in [5.41, 5.74) is 1.59. The highest BCUT2D eigenvalue weighted by atomic mass is 32.2. The lowest BCUT2D eigenvalue weighted by Gasteiger charge is -2.12. The van der Waals surface area contributed by atoms with Gasteiger partial charge in [0.2, 0.25) is 0 Å². The number of terminal acetylenes is 1. The van der Waals surface area contributed by atoms with E-state index in [1.807, 2.05) is 63.2 Å². The lowest BCUT2D eigenvalue weighted by molar-refractivity contribution is -0.122. The summed E-state index contributed by atoms with van der Waals surface area (Å²) in [6.07, 6.45) is 7.12. The summed E-state index contributed by atoms with van der Waals surface area (Å²) in [4.78, 5) is 19.9. The largest absolute Gasteiger partial charge is 0.494 e. The maximum absolute atomic E-state index is 13.0. The fourth-order valence-electron chi connectivity index (χ4n) is 3.04. The summed E-state index contributed by atoms with van der Waals surface area (Å²) in [5, 5.41) is 0.645. The van der Waals surface area contributed by atoms with E-state index in [9.17, 15) is 4.79 Å². The molecule has 1 amide bonds. The molecule has 0 radical (unpaired) electrons. The smallest absolute Gasteiger partial charge is 0.266 e. The van der Waals surface area contributed by atoms with Crippen LogP contribution >= 0.6 is 11.8 Å². The van der Waals surface area contributed by atoms with Gasteiger partial charge in [0.05, 0.1) is 23.8 Å². The third-order valence-corrected chi connectivity index (χ3v) is 5.46. The molecule has 1 fully saturated rings. The maximum atomic E-state index is 13.0. The van der Waals surface area contributed by atoms with Crippen molar-refractivity contribution in [2.75, 3.05) is 26.4 Å². The lowest BCUT2D eigenvalue weighted by Crippen LogP contribution is -2.28. The lowest BCUT2D eigenvalue weighted by atomic mass is 10.2. The Balaban J connectivity index is 1.86. The summed E-state index contributed by atoms with van der Waals surface area (Å²) in [6.45, 7) is 7.56. The molecule has 32 heavy (non-hydrogen) atoms. The van der Waals surface area contributed by atoms with Gasteiger partial charge in [-0.3, -0.25) is 9.69 Å². The van der Waals surface area contributed by atoms with Gasteiger partial charge < -0.3 is 14.2 Å². The first-order valence-electron chi connectivity index (χ1n) is 10.5. The van der Waals surface area contributed by atoms with Crippen LogP contribution in [-0.4, -0.2) is 42.3 Å². The number of thioether (sulfide) groups is 1. The van der Waals surface area contributed by atoms with E-state index in [1.165, 1.54) is 11.8 Å². The number of carbonyl (C=O) groups excluding carboxylic acids is 1. The molecule has 1 aliphatic heterocycles. The van der Waals surface area contributed by atoms with Crippen LogP contribution in [-0.2, 0) is 4.79 Å². The van der Waals surface area contributed by atoms with Gasteiger partial charge in [-0.05, 0) is 80.6 Å². The van der Waals surface area contributed by atoms with Gasteiger partial charge in [0.25, 0.3) is 5.91 Å². The average Bonchev–Trinajstić information content (AvgIpc) is 3.08. The number of aliphatic imine (C=N–C) groups is 1. The summed E-state index contributed by atoms with van der Waals surface area (Å²) in [5.74, 6) is 4.32. The molecule has 0 aliphatic carbocycles. The zero-order valence-corrected chi connectivity index (χ0v) is 19.3. The predicted octanol–water partition coefficient (Wildman–Crippen LogP) is 5.12. The van der Waals surface area contributed by atoms with Crippen molar-refractivity contribution in [3.8, 4) is 29.6 Å².